The van der Waals surface area contributed by atoms with Crippen LogP contribution in [-0.2, 0) is 20.9 Å². The van der Waals surface area contributed by atoms with Crippen LogP contribution in [0.15, 0.2) is 30.3 Å². The second kappa shape index (κ2) is 6.43. The van der Waals surface area contributed by atoms with Crippen LogP contribution in [0, 0.1) is 5.92 Å². The van der Waals surface area contributed by atoms with Crippen molar-refractivity contribution in [3.8, 4) is 0 Å². The number of carboxylic acids is 1. The summed E-state index contributed by atoms with van der Waals surface area (Å²) in [7, 11) is 0. The maximum Gasteiger partial charge on any atom is 0.412 e. The molecule has 2 fully saturated rings. The van der Waals surface area contributed by atoms with Crippen LogP contribution < -0.4 is 0 Å². The summed E-state index contributed by atoms with van der Waals surface area (Å²) in [4.78, 5) is 25.7. The molecule has 3 rings (SSSR count). The lowest BCUT2D eigenvalue weighted by molar-refractivity contribution is -0.155. The minimum atomic E-state index is -1.04. The first-order chi connectivity index (χ1) is 11.4. The highest BCUT2D eigenvalue weighted by Gasteiger charge is 2.54. The molecule has 1 aromatic carbocycles. The highest BCUT2D eigenvalue weighted by atomic mass is 16.6. The summed E-state index contributed by atoms with van der Waals surface area (Å²) in [6, 6.07) is 8.91. The van der Waals surface area contributed by atoms with E-state index in [2.05, 4.69) is 0 Å². The Morgan fingerprint density at radius 3 is 2.54 bits per heavy atom. The maximum atomic E-state index is 12.6. The molecule has 1 saturated carbocycles. The fourth-order valence-corrected chi connectivity index (χ4v) is 3.26. The van der Waals surface area contributed by atoms with E-state index in [1.807, 2.05) is 30.3 Å². The van der Waals surface area contributed by atoms with Crippen LogP contribution in [0.2, 0.25) is 0 Å². The molecule has 24 heavy (non-hydrogen) atoms. The highest BCUT2D eigenvalue weighted by molar-refractivity contribution is 5.77. The van der Waals surface area contributed by atoms with Crippen molar-refractivity contribution >= 4 is 12.1 Å². The molecule has 2 unspecified atom stereocenters. The summed E-state index contributed by atoms with van der Waals surface area (Å²) in [5, 5.41) is 9.45. The van der Waals surface area contributed by atoms with E-state index in [1.54, 1.807) is 13.8 Å². The van der Waals surface area contributed by atoms with Crippen molar-refractivity contribution in [2.24, 2.45) is 5.92 Å². The Hall–Kier alpha value is -2.08. The number of carbonyl (C=O) groups excluding carboxylic acids is 1. The van der Waals surface area contributed by atoms with Crippen LogP contribution in [0.25, 0.3) is 0 Å². The average molecular weight is 333 g/mol. The number of benzene rings is 1. The van der Waals surface area contributed by atoms with E-state index in [0.717, 1.165) is 18.4 Å². The van der Waals surface area contributed by atoms with Gasteiger partial charge in [0.1, 0.15) is 12.3 Å². The first-order valence-electron chi connectivity index (χ1n) is 8.29. The van der Waals surface area contributed by atoms with Crippen LogP contribution in [0.1, 0.15) is 38.7 Å². The average Bonchev–Trinajstić information content (AvgIpc) is 3.30. The van der Waals surface area contributed by atoms with E-state index >= 15 is 0 Å². The van der Waals surface area contributed by atoms with E-state index in [-0.39, 0.29) is 6.61 Å². The largest absolute Gasteiger partial charge is 0.479 e. The summed E-state index contributed by atoms with van der Waals surface area (Å²) >= 11 is 0. The van der Waals surface area contributed by atoms with Crippen LogP contribution in [-0.4, -0.2) is 39.9 Å². The van der Waals surface area contributed by atoms with Gasteiger partial charge in [0.05, 0.1) is 6.04 Å². The third-order valence-electron chi connectivity index (χ3n) is 4.59. The second-order valence-electron chi connectivity index (χ2n) is 6.98. The fourth-order valence-electron chi connectivity index (χ4n) is 3.26. The van der Waals surface area contributed by atoms with Crippen molar-refractivity contribution in [1.29, 1.82) is 0 Å². The molecule has 0 spiro atoms. The maximum absolute atomic E-state index is 12.6. The molecule has 1 saturated heterocycles. The monoisotopic (exact) mass is 333 g/mol. The summed E-state index contributed by atoms with van der Waals surface area (Å²) in [6.45, 7) is 3.57. The smallest absolute Gasteiger partial charge is 0.412 e. The normalized spacial score (nSPS) is 25.5. The van der Waals surface area contributed by atoms with Gasteiger partial charge in [0.25, 0.3) is 0 Å². The number of carboxylic acid groups (broad SMARTS) is 1. The Kier molecular flexibility index (Phi) is 4.49. The van der Waals surface area contributed by atoms with Gasteiger partial charge in [0.15, 0.2) is 6.10 Å². The first kappa shape index (κ1) is 16.8. The molecule has 1 amide bonds. The first-order valence-corrected chi connectivity index (χ1v) is 8.29. The van der Waals surface area contributed by atoms with Crippen molar-refractivity contribution in [3.05, 3.63) is 35.9 Å². The van der Waals surface area contributed by atoms with Gasteiger partial charge in [-0.25, -0.2) is 9.59 Å². The molecule has 1 aromatic rings. The minimum absolute atomic E-state index is 0.153. The van der Waals surface area contributed by atoms with Crippen LogP contribution >= 0.6 is 0 Å². The quantitative estimate of drug-likeness (QED) is 0.896. The number of ether oxygens (including phenoxy) is 2. The fraction of sp³-hybridized carbons (Fsp3) is 0.556. The summed E-state index contributed by atoms with van der Waals surface area (Å²) < 4.78 is 11.1. The molecule has 0 aromatic heterocycles. The summed E-state index contributed by atoms with van der Waals surface area (Å²) in [5.41, 5.74) is -0.117. The Balaban J connectivity index is 1.73. The van der Waals surface area contributed by atoms with Crippen LogP contribution in [0.3, 0.4) is 0 Å². The molecule has 6 nitrogen and oxygen atoms in total. The second-order valence-corrected chi connectivity index (χ2v) is 6.98. The molecule has 2 aliphatic rings. The van der Waals surface area contributed by atoms with E-state index < -0.39 is 29.9 Å². The number of nitrogens with zero attached hydrogens (tertiary/aromatic N) is 1. The van der Waals surface area contributed by atoms with Gasteiger partial charge in [0, 0.05) is 0 Å². The van der Waals surface area contributed by atoms with Crippen molar-refractivity contribution in [3.63, 3.8) is 0 Å². The number of rotatable bonds is 5. The van der Waals surface area contributed by atoms with Crippen LogP contribution in [0.5, 0.6) is 0 Å². The van der Waals surface area contributed by atoms with E-state index in [4.69, 9.17) is 9.47 Å². The molecule has 6 heteroatoms. The Labute approximate surface area is 141 Å². The summed E-state index contributed by atoms with van der Waals surface area (Å²) in [5.74, 6) is -0.564. The molecular formula is C18H23NO5. The number of amides is 1. The number of aliphatic carboxylic acids is 1. The lowest BCUT2D eigenvalue weighted by atomic mass is 10.0. The van der Waals surface area contributed by atoms with Gasteiger partial charge in [0.2, 0.25) is 0 Å². The van der Waals surface area contributed by atoms with Crippen molar-refractivity contribution in [2.75, 3.05) is 0 Å². The van der Waals surface area contributed by atoms with Crippen molar-refractivity contribution in [2.45, 2.75) is 57.6 Å². The number of hydrogen-bond acceptors (Lipinski definition) is 4. The van der Waals surface area contributed by atoms with Crippen molar-refractivity contribution in [1.82, 2.24) is 4.90 Å². The molecule has 2 atom stereocenters. The molecule has 1 aliphatic heterocycles. The Morgan fingerprint density at radius 2 is 1.96 bits per heavy atom. The minimum Gasteiger partial charge on any atom is -0.479 e. The van der Waals surface area contributed by atoms with Crippen molar-refractivity contribution < 1.29 is 24.2 Å². The van der Waals surface area contributed by atoms with Gasteiger partial charge in [-0.15, -0.1) is 0 Å². The SMILES string of the molecule is CC1(C)OC(C(=O)O)C(CC2CC2)N1C(=O)OCc1ccccc1. The zero-order valence-electron chi connectivity index (χ0n) is 14.0. The Bertz CT molecular complexity index is 611. The number of carbonyl (C=O) groups is 2. The zero-order valence-corrected chi connectivity index (χ0v) is 14.0. The zero-order chi connectivity index (χ0) is 17.3. The summed E-state index contributed by atoms with van der Waals surface area (Å²) in [6.07, 6.45) is 1.26. The van der Waals surface area contributed by atoms with Crippen LogP contribution in [0.4, 0.5) is 4.79 Å². The molecule has 1 N–H and O–H groups in total. The molecule has 0 bridgehead atoms. The predicted molar refractivity (Wildman–Crippen MR) is 86.2 cm³/mol. The topological polar surface area (TPSA) is 76.1 Å². The molecule has 130 valence electrons. The van der Waals surface area contributed by atoms with E-state index in [9.17, 15) is 14.7 Å². The van der Waals surface area contributed by atoms with Gasteiger partial charge < -0.3 is 14.6 Å². The molecule has 1 heterocycles. The molecular weight excluding hydrogens is 310 g/mol. The highest BCUT2D eigenvalue weighted by Crippen LogP contribution is 2.42. The van der Waals surface area contributed by atoms with Gasteiger partial charge in [-0.1, -0.05) is 43.2 Å². The Morgan fingerprint density at radius 1 is 1.29 bits per heavy atom. The third-order valence-corrected chi connectivity index (χ3v) is 4.59. The predicted octanol–water partition coefficient (Wildman–Crippen LogP) is 3.01. The molecule has 1 aliphatic carbocycles. The molecule has 0 radical (unpaired) electrons. The third kappa shape index (κ3) is 3.53. The van der Waals surface area contributed by atoms with E-state index in [0.29, 0.717) is 12.3 Å². The van der Waals surface area contributed by atoms with Gasteiger partial charge in [-0.05, 0) is 31.7 Å². The van der Waals surface area contributed by atoms with Gasteiger partial charge in [-0.3, -0.25) is 4.90 Å². The number of hydrogen-bond donors (Lipinski definition) is 1. The lowest BCUT2D eigenvalue weighted by Crippen LogP contribution is -2.49. The van der Waals surface area contributed by atoms with Gasteiger partial charge in [-0.2, -0.15) is 0 Å². The van der Waals surface area contributed by atoms with Gasteiger partial charge >= 0.3 is 12.1 Å². The standard InChI is InChI=1S/C18H23NO5/c1-18(2)19(17(22)23-11-13-6-4-3-5-7-13)14(10-12-8-9-12)15(24-18)16(20)21/h3-7,12,14-15H,8-11H2,1-2H3,(H,20,21). The van der Waals surface area contributed by atoms with E-state index in [1.165, 1.54) is 4.90 Å². The lowest BCUT2D eigenvalue weighted by Gasteiger charge is -2.32.